The van der Waals surface area contributed by atoms with Crippen LogP contribution in [0.25, 0.3) is 5.57 Å². The summed E-state index contributed by atoms with van der Waals surface area (Å²) in [5.74, 6) is 2.04. The molecule has 0 radical (unpaired) electrons. The molecule has 5 aliphatic rings. The summed E-state index contributed by atoms with van der Waals surface area (Å²) in [5, 5.41) is 0. The van der Waals surface area contributed by atoms with Gasteiger partial charge in [-0.1, -0.05) is 31.4 Å². The lowest BCUT2D eigenvalue weighted by atomic mass is 9.51. The van der Waals surface area contributed by atoms with Gasteiger partial charge in [-0.3, -0.25) is 14.7 Å². The van der Waals surface area contributed by atoms with Crippen LogP contribution in [0.3, 0.4) is 0 Å². The molecule has 10 heteroatoms. The third-order valence-corrected chi connectivity index (χ3v) is 12.6. The number of benzene rings is 1. The SMILES string of the molecule is COC(=O)N1CCC(N(C)C)C1.COc1ccc(C23CCC(CN(C(=O)C4CCCCC4)c4cc(/C(C=NC(C)(C)C)=C/N)ccn4)(CC2)CC3)cc1C. The fourth-order valence-electron chi connectivity index (χ4n) is 9.00. The number of aryl methyl sites for hydroxylation is 1. The lowest BCUT2D eigenvalue weighted by Crippen LogP contribution is -2.51. The van der Waals surface area contributed by atoms with Crippen molar-refractivity contribution in [3.05, 3.63) is 59.4 Å². The minimum atomic E-state index is -0.209. The van der Waals surface area contributed by atoms with Crippen molar-refractivity contribution < 1.29 is 19.1 Å². The fraction of sp³-hybridized carbons (Fsp3) is 0.636. The van der Waals surface area contributed by atoms with Crippen molar-refractivity contribution in [2.45, 2.75) is 122 Å². The summed E-state index contributed by atoms with van der Waals surface area (Å²) >= 11 is 0. The maximum Gasteiger partial charge on any atom is 0.409 e. The normalized spacial score (nSPS) is 24.7. The van der Waals surface area contributed by atoms with E-state index in [0.717, 1.165) is 93.7 Å². The lowest BCUT2D eigenvalue weighted by molar-refractivity contribution is -0.124. The van der Waals surface area contributed by atoms with Crippen molar-refractivity contribution in [1.29, 1.82) is 0 Å². The first-order chi connectivity index (χ1) is 25.7. The molecule has 1 aromatic heterocycles. The minimum absolute atomic E-state index is 0.0844. The maximum absolute atomic E-state index is 14.2. The number of hydrogen-bond donors (Lipinski definition) is 1. The Kier molecular flexibility index (Phi) is 13.5. The van der Waals surface area contributed by atoms with Gasteiger partial charge < -0.3 is 25.0 Å². The summed E-state index contributed by atoms with van der Waals surface area (Å²) in [5.41, 5.74) is 10.7. The predicted molar refractivity (Wildman–Crippen MR) is 219 cm³/mol. The van der Waals surface area contributed by atoms with Gasteiger partial charge in [0.05, 0.1) is 19.8 Å². The number of carbonyl (C=O) groups is 2. The van der Waals surface area contributed by atoms with Gasteiger partial charge in [-0.05, 0) is 145 Å². The third-order valence-electron chi connectivity index (χ3n) is 12.6. The maximum atomic E-state index is 14.2. The van der Waals surface area contributed by atoms with Crippen LogP contribution < -0.4 is 15.4 Å². The average molecular weight is 743 g/mol. The first-order valence-corrected chi connectivity index (χ1v) is 20.1. The molecule has 296 valence electrons. The number of methoxy groups -OCH3 is 2. The molecule has 2 heterocycles. The van der Waals surface area contributed by atoms with Crippen LogP contribution in [0.15, 0.2) is 47.7 Å². The molecule has 2 amide bonds. The van der Waals surface area contributed by atoms with Gasteiger partial charge in [-0.2, -0.15) is 0 Å². The number of nitrogens with zero attached hydrogens (tertiary/aromatic N) is 5. The zero-order chi connectivity index (χ0) is 39.1. The number of likely N-dealkylation sites (N-methyl/N-ethyl adjacent to an activating group) is 1. The molecule has 1 aliphatic heterocycles. The number of nitrogens with two attached hydrogens (primary N) is 1. The van der Waals surface area contributed by atoms with Crippen molar-refractivity contribution in [3.8, 4) is 5.75 Å². The molecule has 7 rings (SSSR count). The first-order valence-electron chi connectivity index (χ1n) is 20.1. The Balaban J connectivity index is 0.000000398. The van der Waals surface area contributed by atoms with Crippen molar-refractivity contribution in [1.82, 2.24) is 14.8 Å². The molecule has 2 aromatic rings. The zero-order valence-electron chi connectivity index (χ0n) is 34.3. The van der Waals surface area contributed by atoms with E-state index < -0.39 is 0 Å². The van der Waals surface area contributed by atoms with Gasteiger partial charge in [-0.25, -0.2) is 9.78 Å². The van der Waals surface area contributed by atoms with Gasteiger partial charge in [0.15, 0.2) is 0 Å². The molecule has 5 fully saturated rings. The molecule has 4 aliphatic carbocycles. The Bertz CT molecular complexity index is 1630. The third kappa shape index (κ3) is 9.84. The Hall–Kier alpha value is -3.92. The van der Waals surface area contributed by atoms with E-state index >= 15 is 0 Å². The highest BCUT2D eigenvalue weighted by molar-refractivity contribution is 6.10. The number of anilines is 1. The summed E-state index contributed by atoms with van der Waals surface area (Å²) in [4.78, 5) is 40.7. The second-order valence-electron chi connectivity index (χ2n) is 17.5. The van der Waals surface area contributed by atoms with E-state index in [1.54, 1.807) is 18.2 Å². The van der Waals surface area contributed by atoms with Crippen LogP contribution in [0.1, 0.15) is 115 Å². The summed E-state index contributed by atoms with van der Waals surface area (Å²) in [6.07, 6.45) is 18.5. The number of ether oxygens (including phenoxy) is 2. The summed E-state index contributed by atoms with van der Waals surface area (Å²) in [6.45, 7) is 10.7. The highest BCUT2D eigenvalue weighted by atomic mass is 16.5. The molecule has 10 nitrogen and oxygen atoms in total. The van der Waals surface area contributed by atoms with Crippen molar-refractivity contribution in [2.75, 3.05) is 52.8 Å². The highest BCUT2D eigenvalue weighted by Gasteiger charge is 2.50. The lowest BCUT2D eigenvalue weighted by Gasteiger charge is -2.55. The largest absolute Gasteiger partial charge is 0.496 e. The molecule has 0 spiro atoms. The highest BCUT2D eigenvalue weighted by Crippen LogP contribution is 2.58. The Morgan fingerprint density at radius 2 is 1.69 bits per heavy atom. The van der Waals surface area contributed by atoms with Crippen LogP contribution >= 0.6 is 0 Å². The number of amides is 2. The molecule has 54 heavy (non-hydrogen) atoms. The number of likely N-dealkylation sites (tertiary alicyclic amines) is 1. The molecule has 2 N–H and O–H groups in total. The quantitative estimate of drug-likeness (QED) is 0.258. The number of allylic oxidation sites excluding steroid dienone is 1. The molecule has 1 saturated heterocycles. The van der Waals surface area contributed by atoms with Gasteiger partial charge in [0, 0.05) is 55.8 Å². The van der Waals surface area contributed by atoms with E-state index in [4.69, 9.17) is 15.5 Å². The first kappa shape index (κ1) is 41.2. The summed E-state index contributed by atoms with van der Waals surface area (Å²) in [6, 6.07) is 11.3. The standard InChI is InChI=1S/C36H50N4O2.C8H16N2O2/c1-26-21-30(11-12-31(26)42-5)36-17-14-35(15-18-36,16-19-36)25-40(33(41)27-9-7-6-8-10-27)32-22-28(13-20-38-32)29(23-37)24-39-34(2,3)4;1-9(2)7-4-5-10(6-7)8(11)12-3/h11-13,20-24,27H,6-10,14-19,25,37H2,1-5H3;7H,4-6H2,1-3H3/b29-23+,39-24?;. The second-order valence-corrected chi connectivity index (χ2v) is 17.5. The fourth-order valence-corrected chi connectivity index (χ4v) is 9.00. The van der Waals surface area contributed by atoms with E-state index in [9.17, 15) is 9.59 Å². The number of aliphatic imine (C=N–C) groups is 1. The Labute approximate surface area is 324 Å². The summed E-state index contributed by atoms with van der Waals surface area (Å²) < 4.78 is 10.2. The monoisotopic (exact) mass is 743 g/mol. The van der Waals surface area contributed by atoms with E-state index in [1.165, 1.54) is 43.9 Å². The minimum Gasteiger partial charge on any atom is -0.496 e. The summed E-state index contributed by atoms with van der Waals surface area (Å²) in [7, 11) is 7.23. The van der Waals surface area contributed by atoms with Gasteiger partial charge >= 0.3 is 6.09 Å². The van der Waals surface area contributed by atoms with E-state index in [1.807, 2.05) is 38.6 Å². The van der Waals surface area contributed by atoms with Gasteiger partial charge in [0.1, 0.15) is 11.6 Å². The van der Waals surface area contributed by atoms with Crippen LogP contribution in [0.4, 0.5) is 10.6 Å². The van der Waals surface area contributed by atoms with Crippen LogP contribution in [0.2, 0.25) is 0 Å². The Morgan fingerprint density at radius 3 is 2.24 bits per heavy atom. The smallest absolute Gasteiger partial charge is 0.409 e. The predicted octanol–water partition coefficient (Wildman–Crippen LogP) is 8.16. The second kappa shape index (κ2) is 17.7. The molecule has 4 saturated carbocycles. The average Bonchev–Trinajstić information content (AvgIpc) is 3.69. The van der Waals surface area contributed by atoms with Crippen LogP contribution in [-0.2, 0) is 14.9 Å². The number of aromatic nitrogens is 1. The molecule has 1 unspecified atom stereocenters. The van der Waals surface area contributed by atoms with Crippen LogP contribution in [0, 0.1) is 18.3 Å². The van der Waals surface area contributed by atoms with Gasteiger partial charge in [0.2, 0.25) is 5.91 Å². The molecule has 2 bridgehead atoms. The van der Waals surface area contributed by atoms with Gasteiger partial charge in [0.25, 0.3) is 0 Å². The number of carbonyl (C=O) groups excluding carboxylic acids is 2. The molecular weight excluding hydrogens is 677 g/mol. The van der Waals surface area contributed by atoms with Crippen LogP contribution in [-0.4, -0.2) is 92.5 Å². The van der Waals surface area contributed by atoms with E-state index in [2.05, 4.69) is 65.4 Å². The topological polar surface area (TPSA) is 114 Å². The van der Waals surface area contributed by atoms with Crippen LogP contribution in [0.5, 0.6) is 5.75 Å². The number of hydrogen-bond acceptors (Lipinski definition) is 8. The van der Waals surface area contributed by atoms with Crippen molar-refractivity contribution in [3.63, 3.8) is 0 Å². The van der Waals surface area contributed by atoms with Gasteiger partial charge in [-0.15, -0.1) is 0 Å². The van der Waals surface area contributed by atoms with Crippen molar-refractivity contribution in [2.24, 2.45) is 22.1 Å². The molecule has 1 aromatic carbocycles. The Morgan fingerprint density at radius 1 is 1.00 bits per heavy atom. The molecule has 1 atom stereocenters. The molecular formula is C44H66N6O4. The number of rotatable bonds is 9. The van der Waals surface area contributed by atoms with E-state index in [-0.39, 0.29) is 34.3 Å². The van der Waals surface area contributed by atoms with E-state index in [0.29, 0.717) is 6.04 Å². The van der Waals surface area contributed by atoms with Crippen molar-refractivity contribution >= 4 is 29.6 Å². The number of fused-ring (bicyclic) bond motifs is 3. The zero-order valence-corrected chi connectivity index (χ0v) is 34.3. The number of pyridine rings is 1.